The number of benzene rings is 3. The summed E-state index contributed by atoms with van der Waals surface area (Å²) < 4.78 is 52.0. The molecule has 0 spiro atoms. The van der Waals surface area contributed by atoms with Gasteiger partial charge in [0.15, 0.2) is 0 Å². The first kappa shape index (κ1) is 23.4. The van der Waals surface area contributed by atoms with Gasteiger partial charge in [-0.05, 0) is 73.5 Å². The first-order valence-corrected chi connectivity index (χ1v) is 10.8. The van der Waals surface area contributed by atoms with Crippen molar-refractivity contribution in [1.29, 1.82) is 0 Å². The average molecular weight is 468 g/mol. The number of carbonyl (C=O) groups excluding carboxylic acids is 1. The number of esters is 1. The molecular formula is C26H23F3N2O3. The zero-order valence-corrected chi connectivity index (χ0v) is 18.9. The molecule has 0 radical (unpaired) electrons. The first-order valence-electron chi connectivity index (χ1n) is 10.8. The predicted octanol–water partition coefficient (Wildman–Crippen LogP) is 6.81. The first-order chi connectivity index (χ1) is 16.1. The van der Waals surface area contributed by atoms with Crippen LogP contribution in [-0.4, -0.2) is 15.7 Å². The summed E-state index contributed by atoms with van der Waals surface area (Å²) in [6.45, 7) is 5.47. The van der Waals surface area contributed by atoms with Gasteiger partial charge in [0.1, 0.15) is 17.6 Å². The minimum atomic E-state index is -4.42. The maximum atomic E-state index is 13.1. The summed E-state index contributed by atoms with van der Waals surface area (Å²) in [7, 11) is 0. The number of nitrogens with zero attached hydrogens (tertiary/aromatic N) is 2. The molecule has 3 aromatic carbocycles. The number of rotatable bonds is 6. The molecule has 0 aliphatic rings. The third-order valence-corrected chi connectivity index (χ3v) is 5.41. The molecule has 0 saturated heterocycles. The molecule has 0 amide bonds. The van der Waals surface area contributed by atoms with Gasteiger partial charge >= 0.3 is 12.1 Å². The molecule has 0 fully saturated rings. The molecule has 0 N–H and O–H groups in total. The lowest BCUT2D eigenvalue weighted by Gasteiger charge is -2.16. The molecule has 1 aromatic heterocycles. The minimum Gasteiger partial charge on any atom is -0.486 e. The quantitative estimate of drug-likeness (QED) is 0.230. The third kappa shape index (κ3) is 5.06. The van der Waals surface area contributed by atoms with Crippen LogP contribution in [0.2, 0.25) is 0 Å². The summed E-state index contributed by atoms with van der Waals surface area (Å²) in [6.07, 6.45) is -2.73. The molecule has 5 nitrogen and oxygen atoms in total. The van der Waals surface area contributed by atoms with Gasteiger partial charge in [-0.2, -0.15) is 18.3 Å². The summed E-state index contributed by atoms with van der Waals surface area (Å²) in [5, 5.41) is 5.19. The lowest BCUT2D eigenvalue weighted by atomic mass is 10.1. The van der Waals surface area contributed by atoms with E-state index in [9.17, 15) is 18.0 Å². The Morgan fingerprint density at radius 1 is 1.09 bits per heavy atom. The van der Waals surface area contributed by atoms with Crippen LogP contribution in [0.1, 0.15) is 43.1 Å². The largest absolute Gasteiger partial charge is 0.486 e. The molecule has 8 heteroatoms. The van der Waals surface area contributed by atoms with Crippen LogP contribution in [0, 0.1) is 6.92 Å². The van der Waals surface area contributed by atoms with Gasteiger partial charge in [-0.25, -0.2) is 4.68 Å². The Labute approximate surface area is 194 Å². The summed E-state index contributed by atoms with van der Waals surface area (Å²) in [5.41, 5.74) is 1.93. The van der Waals surface area contributed by atoms with Crippen molar-refractivity contribution in [3.8, 4) is 17.2 Å². The number of ether oxygens (including phenoxy) is 2. The van der Waals surface area contributed by atoms with Crippen LogP contribution in [0.15, 0.2) is 66.9 Å². The molecule has 4 aromatic rings. The van der Waals surface area contributed by atoms with Crippen molar-refractivity contribution in [2.24, 2.45) is 0 Å². The highest BCUT2D eigenvalue weighted by Crippen LogP contribution is 2.31. The van der Waals surface area contributed by atoms with Gasteiger partial charge in [-0.1, -0.05) is 19.1 Å². The van der Waals surface area contributed by atoms with E-state index < -0.39 is 11.7 Å². The second kappa shape index (κ2) is 9.21. The van der Waals surface area contributed by atoms with Crippen LogP contribution >= 0.6 is 0 Å². The van der Waals surface area contributed by atoms with E-state index in [0.717, 1.165) is 28.6 Å². The highest BCUT2D eigenvalue weighted by atomic mass is 19.4. The maximum Gasteiger partial charge on any atom is 0.416 e. The number of fused-ring (bicyclic) bond motifs is 1. The van der Waals surface area contributed by atoms with Crippen LogP contribution in [0.3, 0.4) is 0 Å². The Kier molecular flexibility index (Phi) is 6.32. The van der Waals surface area contributed by atoms with Crippen molar-refractivity contribution in [3.05, 3.63) is 83.6 Å². The standard InChI is InChI=1S/C26H23F3N2O3/c1-4-25(32)34-24-11-9-22(12-16(24)2)33-17(3)18-8-10-23-19(13-18)15-31(30-23)21-7-5-6-20(14-21)26(27,28)29/h5-15,17H,4H2,1-3H3. The lowest BCUT2D eigenvalue weighted by molar-refractivity contribution is -0.137. The minimum absolute atomic E-state index is 0.293. The number of halogens is 3. The summed E-state index contributed by atoms with van der Waals surface area (Å²) >= 11 is 0. The van der Waals surface area contributed by atoms with Crippen LogP contribution in [0.25, 0.3) is 16.6 Å². The van der Waals surface area contributed by atoms with E-state index in [0.29, 0.717) is 29.1 Å². The molecule has 4 rings (SSSR count). The second-order valence-electron chi connectivity index (χ2n) is 7.96. The average Bonchev–Trinajstić information content (AvgIpc) is 3.24. The van der Waals surface area contributed by atoms with Crippen molar-refractivity contribution < 1.29 is 27.4 Å². The Bertz CT molecular complexity index is 1340. The summed E-state index contributed by atoms with van der Waals surface area (Å²) in [4.78, 5) is 11.5. The molecule has 176 valence electrons. The van der Waals surface area contributed by atoms with Gasteiger partial charge in [0.05, 0.1) is 16.8 Å². The molecular weight excluding hydrogens is 445 g/mol. The number of alkyl halides is 3. The van der Waals surface area contributed by atoms with Crippen LogP contribution in [0.4, 0.5) is 13.2 Å². The zero-order chi connectivity index (χ0) is 24.5. The van der Waals surface area contributed by atoms with Crippen molar-refractivity contribution in [1.82, 2.24) is 9.78 Å². The second-order valence-corrected chi connectivity index (χ2v) is 7.96. The van der Waals surface area contributed by atoms with Crippen LogP contribution in [-0.2, 0) is 11.0 Å². The van der Waals surface area contributed by atoms with E-state index in [2.05, 4.69) is 5.10 Å². The molecule has 34 heavy (non-hydrogen) atoms. The molecule has 1 atom stereocenters. The van der Waals surface area contributed by atoms with Gasteiger partial charge < -0.3 is 9.47 Å². The number of aryl methyl sites for hydroxylation is 1. The van der Waals surface area contributed by atoms with Gasteiger partial charge in [-0.15, -0.1) is 0 Å². The van der Waals surface area contributed by atoms with Crippen molar-refractivity contribution in [2.45, 2.75) is 39.5 Å². The number of aromatic nitrogens is 2. The molecule has 1 heterocycles. The van der Waals surface area contributed by atoms with Crippen molar-refractivity contribution >= 4 is 16.9 Å². The van der Waals surface area contributed by atoms with Crippen LogP contribution in [0.5, 0.6) is 11.5 Å². The zero-order valence-electron chi connectivity index (χ0n) is 18.9. The summed E-state index contributed by atoms with van der Waals surface area (Å²) in [6, 6.07) is 15.9. The van der Waals surface area contributed by atoms with Gasteiger partial charge in [-0.3, -0.25) is 4.79 Å². The summed E-state index contributed by atoms with van der Waals surface area (Å²) in [5.74, 6) is 0.820. The Hall–Kier alpha value is -3.81. The molecule has 0 saturated carbocycles. The number of hydrogen-bond donors (Lipinski definition) is 0. The molecule has 0 aliphatic heterocycles. The topological polar surface area (TPSA) is 53.4 Å². The van der Waals surface area contributed by atoms with E-state index in [1.807, 2.05) is 32.0 Å². The predicted molar refractivity (Wildman–Crippen MR) is 122 cm³/mol. The number of carbonyl (C=O) groups is 1. The fourth-order valence-corrected chi connectivity index (χ4v) is 3.53. The lowest BCUT2D eigenvalue weighted by Crippen LogP contribution is -2.07. The fourth-order valence-electron chi connectivity index (χ4n) is 3.53. The molecule has 0 bridgehead atoms. The van der Waals surface area contributed by atoms with Gasteiger partial charge in [0.2, 0.25) is 0 Å². The van der Waals surface area contributed by atoms with E-state index >= 15 is 0 Å². The Morgan fingerprint density at radius 2 is 1.88 bits per heavy atom. The monoisotopic (exact) mass is 468 g/mol. The smallest absolute Gasteiger partial charge is 0.416 e. The van der Waals surface area contributed by atoms with E-state index in [1.54, 1.807) is 37.4 Å². The van der Waals surface area contributed by atoms with Gasteiger partial charge in [0, 0.05) is 18.0 Å². The van der Waals surface area contributed by atoms with E-state index in [-0.39, 0.29) is 12.1 Å². The van der Waals surface area contributed by atoms with Gasteiger partial charge in [0.25, 0.3) is 0 Å². The normalized spacial score (nSPS) is 12.5. The van der Waals surface area contributed by atoms with Crippen molar-refractivity contribution in [2.75, 3.05) is 0 Å². The highest BCUT2D eigenvalue weighted by molar-refractivity contribution is 5.79. The van der Waals surface area contributed by atoms with Crippen molar-refractivity contribution in [3.63, 3.8) is 0 Å². The molecule has 1 unspecified atom stereocenters. The fraction of sp³-hybridized carbons (Fsp3) is 0.231. The van der Waals surface area contributed by atoms with E-state index in [1.165, 1.54) is 10.7 Å². The Balaban J connectivity index is 1.54. The number of hydrogen-bond acceptors (Lipinski definition) is 4. The highest BCUT2D eigenvalue weighted by Gasteiger charge is 2.30. The van der Waals surface area contributed by atoms with Crippen LogP contribution < -0.4 is 9.47 Å². The SMILES string of the molecule is CCC(=O)Oc1ccc(OC(C)c2ccc3nn(-c4cccc(C(F)(F)F)c4)cc3c2)cc1C. The van der Waals surface area contributed by atoms with E-state index in [4.69, 9.17) is 9.47 Å². The third-order valence-electron chi connectivity index (χ3n) is 5.41. The molecule has 0 aliphatic carbocycles. The maximum absolute atomic E-state index is 13.1. The Morgan fingerprint density at radius 3 is 2.59 bits per heavy atom.